The minimum Gasteiger partial charge on any atom is -0.345 e. The summed E-state index contributed by atoms with van der Waals surface area (Å²) in [5, 5.41) is 1.33. The van der Waals surface area contributed by atoms with E-state index < -0.39 is 0 Å². The molecule has 0 spiro atoms. The molecule has 0 saturated heterocycles. The maximum absolute atomic E-state index is 2.41. The topological polar surface area (TPSA) is 8.17 Å². The van der Waals surface area contributed by atoms with Crippen molar-refractivity contribution in [3.8, 4) is 5.69 Å². The number of allylic oxidation sites excluding steroid dienone is 1. The molecule has 0 fully saturated rings. The molecule has 0 aliphatic heterocycles. The first-order valence-corrected chi connectivity index (χ1v) is 11.5. The SMILES string of the molecule is CN(c1ccccc1)c1ccc2c(c1)c1c(n2-c2ccccc2)C=CC(c2ccccc2)C1. The summed E-state index contributed by atoms with van der Waals surface area (Å²) in [5.74, 6) is 0.393. The molecule has 33 heavy (non-hydrogen) atoms. The molecule has 0 saturated carbocycles. The highest BCUT2D eigenvalue weighted by Gasteiger charge is 2.24. The molecule has 6 rings (SSSR count). The van der Waals surface area contributed by atoms with Crippen molar-refractivity contribution in [2.75, 3.05) is 11.9 Å². The second-order valence-electron chi connectivity index (χ2n) is 8.71. The quantitative estimate of drug-likeness (QED) is 0.285. The number of rotatable bonds is 4. The predicted molar refractivity (Wildman–Crippen MR) is 140 cm³/mol. The Morgan fingerprint density at radius 2 is 1.39 bits per heavy atom. The van der Waals surface area contributed by atoms with Crippen molar-refractivity contribution in [2.45, 2.75) is 12.3 Å². The molecule has 0 N–H and O–H groups in total. The second kappa shape index (κ2) is 8.14. The molecule has 2 nitrogen and oxygen atoms in total. The molecule has 0 amide bonds. The summed E-state index contributed by atoms with van der Waals surface area (Å²) in [6, 6.07) is 39.0. The molecular weight excluding hydrogens is 400 g/mol. The van der Waals surface area contributed by atoms with Crippen molar-refractivity contribution in [1.82, 2.24) is 4.57 Å². The Balaban J connectivity index is 1.53. The highest BCUT2D eigenvalue weighted by Crippen LogP contribution is 2.40. The summed E-state index contributed by atoms with van der Waals surface area (Å²) in [6.45, 7) is 0. The van der Waals surface area contributed by atoms with Gasteiger partial charge in [-0.25, -0.2) is 0 Å². The molecule has 1 aliphatic carbocycles. The van der Waals surface area contributed by atoms with Crippen LogP contribution < -0.4 is 4.90 Å². The third-order valence-electron chi connectivity index (χ3n) is 6.78. The lowest BCUT2D eigenvalue weighted by Crippen LogP contribution is -2.09. The zero-order valence-electron chi connectivity index (χ0n) is 18.7. The van der Waals surface area contributed by atoms with E-state index in [0.29, 0.717) is 5.92 Å². The van der Waals surface area contributed by atoms with Gasteiger partial charge in [0.1, 0.15) is 0 Å². The van der Waals surface area contributed by atoms with Gasteiger partial charge in [0.15, 0.2) is 0 Å². The Morgan fingerprint density at radius 3 is 2.12 bits per heavy atom. The predicted octanol–water partition coefficient (Wildman–Crippen LogP) is 7.75. The number of para-hydroxylation sites is 2. The summed E-state index contributed by atoms with van der Waals surface area (Å²) in [6.07, 6.45) is 5.70. The average molecular weight is 427 g/mol. The molecular formula is C31H26N2. The normalized spacial score (nSPS) is 14.9. The second-order valence-corrected chi connectivity index (χ2v) is 8.71. The monoisotopic (exact) mass is 426 g/mol. The van der Waals surface area contributed by atoms with E-state index in [1.165, 1.54) is 44.8 Å². The maximum atomic E-state index is 2.41. The lowest BCUT2D eigenvalue weighted by atomic mass is 9.86. The molecule has 5 aromatic rings. The summed E-state index contributed by atoms with van der Waals surface area (Å²) in [7, 11) is 2.14. The molecule has 1 unspecified atom stereocenters. The fourth-order valence-corrected chi connectivity index (χ4v) is 5.04. The molecule has 2 heteroatoms. The number of hydrogen-bond acceptors (Lipinski definition) is 1. The maximum Gasteiger partial charge on any atom is 0.0539 e. The lowest BCUT2D eigenvalue weighted by molar-refractivity contribution is 0.825. The van der Waals surface area contributed by atoms with Gasteiger partial charge in [-0.2, -0.15) is 0 Å². The van der Waals surface area contributed by atoms with E-state index >= 15 is 0 Å². The highest BCUT2D eigenvalue weighted by molar-refractivity contribution is 5.93. The largest absolute Gasteiger partial charge is 0.345 e. The number of aromatic nitrogens is 1. The van der Waals surface area contributed by atoms with Crippen molar-refractivity contribution < 1.29 is 0 Å². The van der Waals surface area contributed by atoms with Crippen LogP contribution in [0.5, 0.6) is 0 Å². The van der Waals surface area contributed by atoms with Crippen molar-refractivity contribution in [1.29, 1.82) is 0 Å². The Kier molecular flexibility index (Phi) is 4.84. The van der Waals surface area contributed by atoms with Gasteiger partial charge in [0, 0.05) is 41.1 Å². The Bertz CT molecular complexity index is 1430. The zero-order chi connectivity index (χ0) is 22.2. The lowest BCUT2D eigenvalue weighted by Gasteiger charge is -2.20. The minimum absolute atomic E-state index is 0.393. The van der Waals surface area contributed by atoms with E-state index in [4.69, 9.17) is 0 Å². The Labute approximate surface area is 195 Å². The van der Waals surface area contributed by atoms with E-state index in [0.717, 1.165) is 6.42 Å². The van der Waals surface area contributed by atoms with Crippen LogP contribution in [-0.2, 0) is 6.42 Å². The molecule has 1 aromatic heterocycles. The van der Waals surface area contributed by atoms with Gasteiger partial charge < -0.3 is 9.47 Å². The van der Waals surface area contributed by atoms with Crippen LogP contribution in [0.3, 0.4) is 0 Å². The molecule has 1 atom stereocenters. The first-order valence-electron chi connectivity index (χ1n) is 11.5. The molecule has 160 valence electrons. The van der Waals surface area contributed by atoms with Gasteiger partial charge in [-0.1, -0.05) is 72.8 Å². The fraction of sp³-hybridized carbons (Fsp3) is 0.0968. The van der Waals surface area contributed by atoms with Gasteiger partial charge in [-0.05, 0) is 66.1 Å². The Hall–Kier alpha value is -4.04. The van der Waals surface area contributed by atoms with Gasteiger partial charge in [0.25, 0.3) is 0 Å². The van der Waals surface area contributed by atoms with E-state index in [2.05, 4.69) is 138 Å². The van der Waals surface area contributed by atoms with Gasteiger partial charge >= 0.3 is 0 Å². The van der Waals surface area contributed by atoms with Crippen molar-refractivity contribution >= 4 is 28.4 Å². The van der Waals surface area contributed by atoms with Crippen molar-refractivity contribution in [3.63, 3.8) is 0 Å². The van der Waals surface area contributed by atoms with E-state index in [9.17, 15) is 0 Å². The first-order chi connectivity index (χ1) is 16.3. The van der Waals surface area contributed by atoms with Crippen LogP contribution in [0.15, 0.2) is 115 Å². The Morgan fingerprint density at radius 1 is 0.727 bits per heavy atom. The number of nitrogens with zero attached hydrogens (tertiary/aromatic N) is 2. The summed E-state index contributed by atoms with van der Waals surface area (Å²) in [5.41, 5.74) is 8.95. The van der Waals surface area contributed by atoms with Crippen LogP contribution in [0.1, 0.15) is 22.7 Å². The van der Waals surface area contributed by atoms with E-state index in [1.807, 2.05) is 0 Å². The highest BCUT2D eigenvalue weighted by atomic mass is 15.1. The summed E-state index contributed by atoms with van der Waals surface area (Å²) < 4.78 is 2.41. The number of benzene rings is 4. The van der Waals surface area contributed by atoms with Crippen LogP contribution in [0.25, 0.3) is 22.7 Å². The molecule has 0 radical (unpaired) electrons. The zero-order valence-corrected chi connectivity index (χ0v) is 18.7. The van der Waals surface area contributed by atoms with Crippen LogP contribution in [-0.4, -0.2) is 11.6 Å². The van der Waals surface area contributed by atoms with Crippen molar-refractivity contribution in [2.24, 2.45) is 0 Å². The van der Waals surface area contributed by atoms with Gasteiger partial charge in [0.2, 0.25) is 0 Å². The van der Waals surface area contributed by atoms with Gasteiger partial charge in [-0.3, -0.25) is 0 Å². The van der Waals surface area contributed by atoms with Gasteiger partial charge in [-0.15, -0.1) is 0 Å². The van der Waals surface area contributed by atoms with E-state index in [1.54, 1.807) is 0 Å². The van der Waals surface area contributed by atoms with Crippen LogP contribution >= 0.6 is 0 Å². The number of fused-ring (bicyclic) bond motifs is 3. The third-order valence-corrected chi connectivity index (χ3v) is 6.78. The number of hydrogen-bond donors (Lipinski definition) is 0. The smallest absolute Gasteiger partial charge is 0.0539 e. The molecule has 4 aromatic carbocycles. The average Bonchev–Trinajstić information content (AvgIpc) is 3.23. The molecule has 1 heterocycles. The summed E-state index contributed by atoms with van der Waals surface area (Å²) >= 11 is 0. The van der Waals surface area contributed by atoms with E-state index in [-0.39, 0.29) is 0 Å². The van der Waals surface area contributed by atoms with Crippen LogP contribution in [0.4, 0.5) is 11.4 Å². The minimum atomic E-state index is 0.393. The van der Waals surface area contributed by atoms with Crippen molar-refractivity contribution in [3.05, 3.63) is 132 Å². The number of anilines is 2. The fourth-order valence-electron chi connectivity index (χ4n) is 5.04. The molecule has 1 aliphatic rings. The molecule has 0 bridgehead atoms. The standard InChI is InChI=1S/C31H26N2/c1-32(25-13-7-3-8-14-25)27-18-20-31-29(22-27)28-21-24(23-11-5-2-6-12-23)17-19-30(28)33(31)26-15-9-4-10-16-26/h2-20,22,24H,21H2,1H3. The van der Waals surface area contributed by atoms with Crippen LogP contribution in [0.2, 0.25) is 0 Å². The summed E-state index contributed by atoms with van der Waals surface area (Å²) in [4.78, 5) is 2.26. The van der Waals surface area contributed by atoms with Gasteiger partial charge in [0.05, 0.1) is 5.52 Å². The van der Waals surface area contributed by atoms with Crippen LogP contribution in [0, 0.1) is 0 Å². The first kappa shape index (κ1) is 19.6. The third kappa shape index (κ3) is 3.44.